The number of nitrogens with one attached hydrogen (secondary N) is 2. The van der Waals surface area contributed by atoms with E-state index < -0.39 is 24.4 Å². The van der Waals surface area contributed by atoms with Crippen LogP contribution in [-0.2, 0) is 14.3 Å². The summed E-state index contributed by atoms with van der Waals surface area (Å²) in [5.74, 6) is -1.77. The second-order valence-corrected chi connectivity index (χ2v) is 6.01. The lowest BCUT2D eigenvalue weighted by molar-refractivity contribution is -0.146. The van der Waals surface area contributed by atoms with Gasteiger partial charge in [0.1, 0.15) is 12.2 Å². The van der Waals surface area contributed by atoms with E-state index in [2.05, 4.69) is 15.6 Å². The molecule has 0 radical (unpaired) electrons. The van der Waals surface area contributed by atoms with Gasteiger partial charge in [0.2, 0.25) is 0 Å². The first-order valence-corrected chi connectivity index (χ1v) is 8.15. The fourth-order valence-electron chi connectivity index (χ4n) is 2.03. The van der Waals surface area contributed by atoms with Gasteiger partial charge >= 0.3 is 5.97 Å². The molecule has 0 saturated heterocycles. The van der Waals surface area contributed by atoms with Crippen LogP contribution >= 0.6 is 11.6 Å². The van der Waals surface area contributed by atoms with Crippen molar-refractivity contribution >= 4 is 35.1 Å². The van der Waals surface area contributed by atoms with E-state index in [0.717, 1.165) is 11.1 Å². The molecule has 1 heterocycles. The summed E-state index contributed by atoms with van der Waals surface area (Å²) in [5, 5.41) is 5.38. The minimum atomic E-state index is -0.739. The Morgan fingerprint density at radius 3 is 2.65 bits per heavy atom. The van der Waals surface area contributed by atoms with E-state index in [1.54, 1.807) is 0 Å². The van der Waals surface area contributed by atoms with Gasteiger partial charge in [0.25, 0.3) is 11.8 Å². The number of aryl methyl sites for hydroxylation is 2. The van der Waals surface area contributed by atoms with Gasteiger partial charge < -0.3 is 15.4 Å². The third kappa shape index (κ3) is 5.86. The summed E-state index contributed by atoms with van der Waals surface area (Å²) in [6.45, 7) is 2.94. The zero-order chi connectivity index (χ0) is 19.1. The number of hydrogen-bond acceptors (Lipinski definition) is 5. The molecule has 7 nitrogen and oxygen atoms in total. The first-order chi connectivity index (χ1) is 12.3. The van der Waals surface area contributed by atoms with E-state index in [9.17, 15) is 14.4 Å². The SMILES string of the molecule is Cc1ccc(C)c(NC(=O)COC(=O)CNC(=O)c2cc(Cl)ccn2)c1. The number of aromatic nitrogens is 1. The van der Waals surface area contributed by atoms with Crippen molar-refractivity contribution in [3.8, 4) is 0 Å². The van der Waals surface area contributed by atoms with Crippen molar-refractivity contribution in [2.24, 2.45) is 0 Å². The molecule has 0 unspecified atom stereocenters. The third-order valence-corrected chi connectivity index (χ3v) is 3.61. The fraction of sp³-hybridized carbons (Fsp3) is 0.222. The number of hydrogen-bond donors (Lipinski definition) is 2. The predicted molar refractivity (Wildman–Crippen MR) is 97.1 cm³/mol. The zero-order valence-corrected chi connectivity index (χ0v) is 15.1. The molecule has 2 rings (SSSR count). The molecule has 2 aromatic rings. The van der Waals surface area contributed by atoms with Gasteiger partial charge in [-0.1, -0.05) is 23.7 Å². The lowest BCUT2D eigenvalue weighted by atomic mass is 10.1. The van der Waals surface area contributed by atoms with Crippen LogP contribution in [-0.4, -0.2) is 35.9 Å². The van der Waals surface area contributed by atoms with E-state index in [1.807, 2.05) is 32.0 Å². The highest BCUT2D eigenvalue weighted by Gasteiger charge is 2.12. The first-order valence-electron chi connectivity index (χ1n) is 7.77. The number of pyridine rings is 1. The molecule has 0 fully saturated rings. The molecule has 8 heteroatoms. The van der Waals surface area contributed by atoms with Gasteiger partial charge in [0.05, 0.1) is 0 Å². The number of nitrogens with zero attached hydrogens (tertiary/aromatic N) is 1. The molecule has 1 aromatic heterocycles. The van der Waals surface area contributed by atoms with Gasteiger partial charge in [-0.25, -0.2) is 0 Å². The number of rotatable bonds is 6. The van der Waals surface area contributed by atoms with E-state index in [1.165, 1.54) is 18.3 Å². The van der Waals surface area contributed by atoms with Gasteiger partial charge in [0.15, 0.2) is 6.61 Å². The average Bonchev–Trinajstić information content (AvgIpc) is 2.61. The molecule has 1 aromatic carbocycles. The number of anilines is 1. The Kier molecular flexibility index (Phi) is 6.68. The number of ether oxygens (including phenoxy) is 1. The summed E-state index contributed by atoms with van der Waals surface area (Å²) in [4.78, 5) is 39.2. The van der Waals surface area contributed by atoms with E-state index in [0.29, 0.717) is 10.7 Å². The van der Waals surface area contributed by atoms with Crippen molar-refractivity contribution in [1.82, 2.24) is 10.3 Å². The fourth-order valence-corrected chi connectivity index (χ4v) is 2.19. The molecule has 2 amide bonds. The largest absolute Gasteiger partial charge is 0.454 e. The van der Waals surface area contributed by atoms with Crippen molar-refractivity contribution < 1.29 is 19.1 Å². The van der Waals surface area contributed by atoms with Crippen LogP contribution in [0.4, 0.5) is 5.69 Å². The van der Waals surface area contributed by atoms with Crippen molar-refractivity contribution in [3.63, 3.8) is 0 Å². The van der Waals surface area contributed by atoms with Crippen LogP contribution in [0.3, 0.4) is 0 Å². The first kappa shape index (κ1) is 19.4. The molecule has 26 heavy (non-hydrogen) atoms. The number of halogens is 1. The summed E-state index contributed by atoms with van der Waals surface area (Å²) < 4.78 is 4.84. The molecule has 0 aliphatic heterocycles. The van der Waals surface area contributed by atoms with E-state index >= 15 is 0 Å². The summed E-state index contributed by atoms with van der Waals surface area (Å²) in [7, 11) is 0. The minimum Gasteiger partial charge on any atom is -0.454 e. The number of esters is 1. The molecule has 0 atom stereocenters. The summed E-state index contributed by atoms with van der Waals surface area (Å²) in [6.07, 6.45) is 1.38. The Morgan fingerprint density at radius 1 is 1.15 bits per heavy atom. The Morgan fingerprint density at radius 2 is 1.92 bits per heavy atom. The monoisotopic (exact) mass is 375 g/mol. The van der Waals surface area contributed by atoms with Gasteiger partial charge in [-0.3, -0.25) is 19.4 Å². The molecular weight excluding hydrogens is 358 g/mol. The molecule has 136 valence electrons. The van der Waals surface area contributed by atoms with Crippen LogP contribution < -0.4 is 10.6 Å². The lowest BCUT2D eigenvalue weighted by Crippen LogP contribution is -2.32. The van der Waals surface area contributed by atoms with Gasteiger partial charge in [-0.15, -0.1) is 0 Å². The molecule has 2 N–H and O–H groups in total. The molecule has 0 saturated carbocycles. The molecule has 0 aliphatic carbocycles. The Bertz CT molecular complexity index is 839. The topological polar surface area (TPSA) is 97.4 Å². The number of amides is 2. The highest BCUT2D eigenvalue weighted by atomic mass is 35.5. The quantitative estimate of drug-likeness (QED) is 0.755. The van der Waals surface area contributed by atoms with Crippen LogP contribution in [0.1, 0.15) is 21.6 Å². The zero-order valence-electron chi connectivity index (χ0n) is 14.3. The molecule has 0 spiro atoms. The van der Waals surface area contributed by atoms with Crippen LogP contribution in [0.25, 0.3) is 0 Å². The highest BCUT2D eigenvalue weighted by Crippen LogP contribution is 2.16. The van der Waals surface area contributed by atoms with E-state index in [-0.39, 0.29) is 12.2 Å². The maximum Gasteiger partial charge on any atom is 0.325 e. The molecule has 0 aliphatic rings. The maximum atomic E-state index is 11.9. The Labute approximate surface area is 155 Å². The van der Waals surface area contributed by atoms with Crippen molar-refractivity contribution in [1.29, 1.82) is 0 Å². The maximum absolute atomic E-state index is 11.9. The molecular formula is C18H18ClN3O4. The smallest absolute Gasteiger partial charge is 0.325 e. The normalized spacial score (nSPS) is 10.1. The second kappa shape index (κ2) is 8.96. The summed E-state index contributed by atoms with van der Waals surface area (Å²) in [5.41, 5.74) is 2.64. The van der Waals surface area contributed by atoms with Crippen molar-refractivity contribution in [2.45, 2.75) is 13.8 Å². The number of benzene rings is 1. The summed E-state index contributed by atoms with van der Waals surface area (Å²) >= 11 is 5.77. The second-order valence-electron chi connectivity index (χ2n) is 5.57. The van der Waals surface area contributed by atoms with Gasteiger partial charge in [-0.05, 0) is 43.2 Å². The lowest BCUT2D eigenvalue weighted by Gasteiger charge is -2.10. The van der Waals surface area contributed by atoms with Gasteiger partial charge in [-0.2, -0.15) is 0 Å². The van der Waals surface area contributed by atoms with Crippen LogP contribution in [0, 0.1) is 13.8 Å². The van der Waals surface area contributed by atoms with E-state index in [4.69, 9.17) is 16.3 Å². The highest BCUT2D eigenvalue weighted by molar-refractivity contribution is 6.30. The standard InChI is InChI=1S/C18H18ClN3O4/c1-11-3-4-12(2)14(7-11)22-16(23)10-26-17(24)9-21-18(25)15-8-13(19)5-6-20-15/h3-8H,9-10H2,1-2H3,(H,21,25)(H,22,23). The number of carbonyl (C=O) groups excluding carboxylic acids is 3. The van der Waals surface area contributed by atoms with Crippen molar-refractivity contribution in [2.75, 3.05) is 18.5 Å². The van der Waals surface area contributed by atoms with Gasteiger partial charge in [0, 0.05) is 16.9 Å². The Hall–Kier alpha value is -2.93. The predicted octanol–water partition coefficient (Wildman–Crippen LogP) is 2.26. The minimum absolute atomic E-state index is 0.0814. The average molecular weight is 376 g/mol. The number of carbonyl (C=O) groups is 3. The van der Waals surface area contributed by atoms with Crippen LogP contribution in [0.2, 0.25) is 5.02 Å². The van der Waals surface area contributed by atoms with Crippen LogP contribution in [0.15, 0.2) is 36.5 Å². The van der Waals surface area contributed by atoms with Crippen molar-refractivity contribution in [3.05, 3.63) is 58.4 Å². The van der Waals surface area contributed by atoms with Crippen LogP contribution in [0.5, 0.6) is 0 Å². The molecule has 0 bridgehead atoms. The summed E-state index contributed by atoms with van der Waals surface area (Å²) in [6, 6.07) is 8.55. The Balaban J connectivity index is 1.77. The third-order valence-electron chi connectivity index (χ3n) is 3.38.